The Morgan fingerprint density at radius 3 is 2.88 bits per heavy atom. The molecule has 1 unspecified atom stereocenters. The maximum Gasteiger partial charge on any atom is 0.290 e. The van der Waals surface area contributed by atoms with Crippen molar-refractivity contribution in [3.63, 3.8) is 0 Å². The van der Waals surface area contributed by atoms with Gasteiger partial charge in [0.25, 0.3) is 5.69 Å². The van der Waals surface area contributed by atoms with Crippen molar-refractivity contribution < 1.29 is 4.92 Å². The summed E-state index contributed by atoms with van der Waals surface area (Å²) in [6.07, 6.45) is 4.53. The molecule has 0 amide bonds. The lowest BCUT2D eigenvalue weighted by molar-refractivity contribution is -0.385. The fraction of sp³-hybridized carbons (Fsp3) is 0.545. The molecule has 1 aromatic heterocycles. The fourth-order valence-corrected chi connectivity index (χ4v) is 1.67. The predicted molar refractivity (Wildman–Crippen MR) is 62.4 cm³/mol. The van der Waals surface area contributed by atoms with Gasteiger partial charge >= 0.3 is 0 Å². The third kappa shape index (κ3) is 3.27. The maximum absolute atomic E-state index is 10.8. The summed E-state index contributed by atoms with van der Waals surface area (Å²) in [7, 11) is 0. The normalized spacial score (nSPS) is 12.4. The highest BCUT2D eigenvalue weighted by atomic mass is 16.6. The van der Waals surface area contributed by atoms with Gasteiger partial charge in [0.2, 0.25) is 0 Å². The van der Waals surface area contributed by atoms with Crippen LogP contribution in [0, 0.1) is 10.1 Å². The van der Waals surface area contributed by atoms with Crippen LogP contribution in [-0.2, 0) is 6.42 Å². The smallest absolute Gasteiger partial charge is 0.290 e. The first-order chi connectivity index (χ1) is 7.69. The SMILES string of the molecule is CCNC(CC)Cc1ccncc1[N+](=O)[O-]. The number of likely N-dealkylation sites (N-methyl/N-ethyl adjacent to an activating group) is 1. The molecule has 0 aliphatic heterocycles. The quantitative estimate of drug-likeness (QED) is 0.591. The number of hydrogen-bond donors (Lipinski definition) is 1. The summed E-state index contributed by atoms with van der Waals surface area (Å²) in [6, 6.07) is 2.00. The van der Waals surface area contributed by atoms with Crippen molar-refractivity contribution in [2.45, 2.75) is 32.7 Å². The first-order valence-electron chi connectivity index (χ1n) is 5.49. The molecule has 0 aromatic carbocycles. The highest BCUT2D eigenvalue weighted by Crippen LogP contribution is 2.18. The third-order valence-corrected chi connectivity index (χ3v) is 2.54. The number of aromatic nitrogens is 1. The Labute approximate surface area is 95.0 Å². The van der Waals surface area contributed by atoms with Crippen molar-refractivity contribution in [2.75, 3.05) is 6.54 Å². The molecule has 0 spiro atoms. The lowest BCUT2D eigenvalue weighted by atomic mass is 10.0. The molecule has 0 saturated heterocycles. The molecule has 0 bridgehead atoms. The lowest BCUT2D eigenvalue weighted by Crippen LogP contribution is -2.30. The van der Waals surface area contributed by atoms with Gasteiger partial charge in [-0.2, -0.15) is 0 Å². The van der Waals surface area contributed by atoms with Gasteiger partial charge in [0.15, 0.2) is 0 Å². The monoisotopic (exact) mass is 223 g/mol. The second-order valence-electron chi connectivity index (χ2n) is 3.63. The average molecular weight is 223 g/mol. The number of nitro groups is 1. The van der Waals surface area contributed by atoms with Crippen LogP contribution < -0.4 is 5.32 Å². The highest BCUT2D eigenvalue weighted by molar-refractivity contribution is 5.37. The van der Waals surface area contributed by atoms with E-state index in [1.54, 1.807) is 12.3 Å². The Bertz CT molecular complexity index is 355. The van der Waals surface area contributed by atoms with Crippen LogP contribution in [0.5, 0.6) is 0 Å². The lowest BCUT2D eigenvalue weighted by Gasteiger charge is -2.15. The Morgan fingerprint density at radius 1 is 1.56 bits per heavy atom. The first-order valence-corrected chi connectivity index (χ1v) is 5.49. The van der Waals surface area contributed by atoms with Crippen LogP contribution in [0.3, 0.4) is 0 Å². The molecule has 88 valence electrons. The van der Waals surface area contributed by atoms with E-state index in [0.717, 1.165) is 18.5 Å². The largest absolute Gasteiger partial charge is 0.314 e. The van der Waals surface area contributed by atoms with Gasteiger partial charge in [0.05, 0.1) is 4.92 Å². The van der Waals surface area contributed by atoms with E-state index in [0.29, 0.717) is 6.42 Å². The number of nitrogens with one attached hydrogen (secondary N) is 1. The standard InChI is InChI=1S/C11H17N3O2/c1-3-10(13-4-2)7-9-5-6-12-8-11(9)14(15)16/h5-6,8,10,13H,3-4,7H2,1-2H3. The van der Waals surface area contributed by atoms with Gasteiger partial charge in [0.1, 0.15) is 6.20 Å². The van der Waals surface area contributed by atoms with Crippen molar-refractivity contribution >= 4 is 5.69 Å². The molecule has 1 N–H and O–H groups in total. The average Bonchev–Trinajstić information content (AvgIpc) is 2.29. The van der Waals surface area contributed by atoms with E-state index >= 15 is 0 Å². The van der Waals surface area contributed by atoms with Gasteiger partial charge in [-0.25, -0.2) is 0 Å². The van der Waals surface area contributed by atoms with Crippen molar-refractivity contribution in [3.05, 3.63) is 34.1 Å². The summed E-state index contributed by atoms with van der Waals surface area (Å²) in [5, 5.41) is 14.1. The van der Waals surface area contributed by atoms with Gasteiger partial charge in [-0.15, -0.1) is 0 Å². The molecule has 5 heteroatoms. The molecule has 5 nitrogen and oxygen atoms in total. The topological polar surface area (TPSA) is 68.1 Å². The number of rotatable bonds is 6. The summed E-state index contributed by atoms with van der Waals surface area (Å²) in [6.45, 7) is 4.97. The van der Waals surface area contributed by atoms with Crippen LogP contribution in [0.4, 0.5) is 5.69 Å². The second kappa shape index (κ2) is 6.17. The molecule has 1 heterocycles. The van der Waals surface area contributed by atoms with Gasteiger partial charge in [0, 0.05) is 17.8 Å². The molecule has 0 aliphatic rings. The minimum Gasteiger partial charge on any atom is -0.314 e. The van der Waals surface area contributed by atoms with E-state index in [1.165, 1.54) is 6.20 Å². The minimum absolute atomic E-state index is 0.110. The molecular formula is C11H17N3O2. The first kappa shape index (κ1) is 12.6. The number of nitrogens with zero attached hydrogens (tertiary/aromatic N) is 2. The van der Waals surface area contributed by atoms with Crippen LogP contribution in [-0.4, -0.2) is 22.5 Å². The van der Waals surface area contributed by atoms with E-state index in [2.05, 4.69) is 17.2 Å². The molecule has 0 aliphatic carbocycles. The van der Waals surface area contributed by atoms with Crippen molar-refractivity contribution in [2.24, 2.45) is 0 Å². The zero-order valence-electron chi connectivity index (χ0n) is 9.64. The van der Waals surface area contributed by atoms with E-state index < -0.39 is 0 Å². The van der Waals surface area contributed by atoms with E-state index in [-0.39, 0.29) is 16.7 Å². The molecule has 1 rings (SSSR count). The van der Waals surface area contributed by atoms with Crippen LogP contribution in [0.1, 0.15) is 25.8 Å². The van der Waals surface area contributed by atoms with Gasteiger partial charge in [-0.05, 0) is 25.5 Å². The summed E-state index contributed by atoms with van der Waals surface area (Å²) in [5.41, 5.74) is 0.853. The Morgan fingerprint density at radius 2 is 2.31 bits per heavy atom. The van der Waals surface area contributed by atoms with Crippen LogP contribution in [0.15, 0.2) is 18.5 Å². The van der Waals surface area contributed by atoms with Crippen LogP contribution >= 0.6 is 0 Å². The fourth-order valence-electron chi connectivity index (χ4n) is 1.67. The summed E-state index contributed by atoms with van der Waals surface area (Å²) in [5.74, 6) is 0. The predicted octanol–water partition coefficient (Wildman–Crippen LogP) is 1.92. The van der Waals surface area contributed by atoms with E-state index in [9.17, 15) is 10.1 Å². The van der Waals surface area contributed by atoms with E-state index in [1.807, 2.05) is 6.92 Å². The summed E-state index contributed by atoms with van der Waals surface area (Å²) in [4.78, 5) is 14.2. The highest BCUT2D eigenvalue weighted by Gasteiger charge is 2.16. The molecule has 1 atom stereocenters. The molecule has 16 heavy (non-hydrogen) atoms. The second-order valence-corrected chi connectivity index (χ2v) is 3.63. The van der Waals surface area contributed by atoms with Crippen LogP contribution in [0.25, 0.3) is 0 Å². The zero-order chi connectivity index (χ0) is 12.0. The number of pyridine rings is 1. The van der Waals surface area contributed by atoms with Crippen LogP contribution in [0.2, 0.25) is 0 Å². The van der Waals surface area contributed by atoms with Crippen molar-refractivity contribution in [3.8, 4) is 0 Å². The van der Waals surface area contributed by atoms with Gasteiger partial charge in [-0.1, -0.05) is 13.8 Å². The Hall–Kier alpha value is -1.49. The molecule has 0 saturated carbocycles. The maximum atomic E-state index is 10.8. The van der Waals surface area contributed by atoms with Gasteiger partial charge < -0.3 is 5.32 Å². The Kier molecular flexibility index (Phi) is 4.85. The molecule has 0 radical (unpaired) electrons. The summed E-state index contributed by atoms with van der Waals surface area (Å²) < 4.78 is 0. The number of hydrogen-bond acceptors (Lipinski definition) is 4. The molecular weight excluding hydrogens is 206 g/mol. The zero-order valence-corrected chi connectivity index (χ0v) is 9.64. The van der Waals surface area contributed by atoms with E-state index in [4.69, 9.17) is 0 Å². The van der Waals surface area contributed by atoms with Gasteiger partial charge in [-0.3, -0.25) is 15.1 Å². The molecule has 1 aromatic rings. The Balaban J connectivity index is 2.82. The van der Waals surface area contributed by atoms with Crippen molar-refractivity contribution in [1.29, 1.82) is 0 Å². The van der Waals surface area contributed by atoms with Crippen molar-refractivity contribution in [1.82, 2.24) is 10.3 Å². The molecule has 0 fully saturated rings. The minimum atomic E-state index is -0.374. The summed E-state index contributed by atoms with van der Waals surface area (Å²) >= 11 is 0. The third-order valence-electron chi connectivity index (χ3n) is 2.54.